The van der Waals surface area contributed by atoms with Crippen LogP contribution < -0.4 is 14.5 Å². The Kier molecular flexibility index (Phi) is 4.43. The first-order valence-corrected chi connectivity index (χ1v) is 9.75. The predicted octanol–water partition coefficient (Wildman–Crippen LogP) is 0.353. The maximum atomic E-state index is 5.61. The van der Waals surface area contributed by atoms with E-state index < -0.39 is 0 Å². The van der Waals surface area contributed by atoms with E-state index in [2.05, 4.69) is 23.4 Å². The molecule has 0 saturated carbocycles. The highest BCUT2D eigenvalue weighted by molar-refractivity contribution is 5.49. The van der Waals surface area contributed by atoms with Gasteiger partial charge in [-0.2, -0.15) is 0 Å². The van der Waals surface area contributed by atoms with Gasteiger partial charge in [0.15, 0.2) is 5.76 Å². The largest absolute Gasteiger partial charge is 0.493 e. The summed E-state index contributed by atoms with van der Waals surface area (Å²) in [6.45, 7) is 7.54. The van der Waals surface area contributed by atoms with Gasteiger partial charge in [-0.3, -0.25) is 0 Å². The third-order valence-electron chi connectivity index (χ3n) is 5.63. The fourth-order valence-electron chi connectivity index (χ4n) is 4.14. The predicted molar refractivity (Wildman–Crippen MR) is 98.6 cm³/mol. The Morgan fingerprint density at radius 1 is 0.926 bits per heavy atom. The molecule has 6 nitrogen and oxygen atoms in total. The van der Waals surface area contributed by atoms with Gasteiger partial charge < -0.3 is 23.5 Å². The Hall–Kier alpha value is -2.57. The monoisotopic (exact) mass is 367 g/mol. The number of benzene rings is 1. The molecule has 4 heterocycles. The smallest absolute Gasteiger partial charge is 0.202 e. The third kappa shape index (κ3) is 3.63. The van der Waals surface area contributed by atoms with Gasteiger partial charge in [0.2, 0.25) is 5.76 Å². The van der Waals surface area contributed by atoms with Crippen LogP contribution in [0.2, 0.25) is 0 Å². The lowest BCUT2D eigenvalue weighted by molar-refractivity contribution is -1.02. The summed E-state index contributed by atoms with van der Waals surface area (Å²) in [7, 11) is 0. The van der Waals surface area contributed by atoms with E-state index in [4.69, 9.17) is 13.7 Å². The Morgan fingerprint density at radius 2 is 1.78 bits per heavy atom. The molecule has 0 radical (unpaired) electrons. The lowest BCUT2D eigenvalue weighted by Gasteiger charge is -2.29. The topological polar surface area (TPSA) is 57.3 Å². The van der Waals surface area contributed by atoms with E-state index in [1.165, 1.54) is 24.2 Å². The van der Waals surface area contributed by atoms with Crippen LogP contribution in [-0.4, -0.2) is 37.9 Å². The zero-order valence-electron chi connectivity index (χ0n) is 15.4. The van der Waals surface area contributed by atoms with Crippen LogP contribution in [-0.2, 0) is 19.5 Å². The van der Waals surface area contributed by atoms with Crippen LogP contribution in [0.1, 0.15) is 16.8 Å². The molecule has 2 N–H and O–H groups in total. The van der Waals surface area contributed by atoms with Crippen LogP contribution in [0.25, 0.3) is 11.5 Å². The van der Waals surface area contributed by atoms with Crippen molar-refractivity contribution in [3.63, 3.8) is 0 Å². The van der Waals surface area contributed by atoms with E-state index in [-0.39, 0.29) is 0 Å². The minimum absolute atomic E-state index is 0.708. The summed E-state index contributed by atoms with van der Waals surface area (Å²) < 4.78 is 16.4. The van der Waals surface area contributed by atoms with Gasteiger partial charge in [-0.15, -0.1) is 0 Å². The van der Waals surface area contributed by atoms with Gasteiger partial charge in [-0.25, -0.2) is 0 Å². The molecule has 6 heteroatoms. The van der Waals surface area contributed by atoms with Crippen molar-refractivity contribution in [1.82, 2.24) is 5.16 Å². The van der Waals surface area contributed by atoms with Crippen molar-refractivity contribution in [2.75, 3.05) is 32.8 Å². The number of hydrogen-bond donors (Lipinski definition) is 2. The van der Waals surface area contributed by atoms with Crippen molar-refractivity contribution in [2.24, 2.45) is 0 Å². The van der Waals surface area contributed by atoms with E-state index in [9.17, 15) is 0 Å². The number of furan rings is 1. The van der Waals surface area contributed by atoms with Crippen LogP contribution in [0, 0.1) is 0 Å². The van der Waals surface area contributed by atoms with Crippen molar-refractivity contribution in [3.8, 4) is 17.3 Å². The molecule has 0 amide bonds. The number of nitrogens with zero attached hydrogens (tertiary/aromatic N) is 1. The second-order valence-corrected chi connectivity index (χ2v) is 7.55. The standard InChI is InChI=1S/C21H23N3O3/c1-2-20(25-10-1)21-13-18(22-27-21)15-24-8-6-23(7-9-24)14-16-3-4-19-17(12-16)5-11-26-19/h1-4,10,12-13H,5-9,11,14-15H2/p+2. The first-order chi connectivity index (χ1) is 13.3. The van der Waals surface area contributed by atoms with Crippen LogP contribution in [0.5, 0.6) is 5.75 Å². The lowest BCUT2D eigenvalue weighted by atomic mass is 10.1. The van der Waals surface area contributed by atoms with E-state index >= 15 is 0 Å². The zero-order chi connectivity index (χ0) is 18.1. The van der Waals surface area contributed by atoms with Crippen molar-refractivity contribution in [2.45, 2.75) is 19.5 Å². The fourth-order valence-corrected chi connectivity index (χ4v) is 4.14. The molecule has 0 aliphatic carbocycles. The van der Waals surface area contributed by atoms with Gasteiger partial charge >= 0.3 is 0 Å². The highest BCUT2D eigenvalue weighted by Crippen LogP contribution is 2.25. The summed E-state index contributed by atoms with van der Waals surface area (Å²) in [5.74, 6) is 2.52. The quantitative estimate of drug-likeness (QED) is 0.684. The van der Waals surface area contributed by atoms with Crippen molar-refractivity contribution in [3.05, 3.63) is 59.5 Å². The zero-order valence-corrected chi connectivity index (χ0v) is 15.4. The third-order valence-corrected chi connectivity index (χ3v) is 5.63. The van der Waals surface area contributed by atoms with Gasteiger partial charge in [0.1, 0.15) is 50.7 Å². The Balaban J connectivity index is 1.14. The lowest BCUT2D eigenvalue weighted by Crippen LogP contribution is -3.27. The van der Waals surface area contributed by atoms with E-state index in [1.807, 2.05) is 18.2 Å². The number of piperazine rings is 1. The molecule has 0 unspecified atom stereocenters. The molecule has 3 aromatic rings. The molecule has 2 aliphatic heterocycles. The molecule has 140 valence electrons. The van der Waals surface area contributed by atoms with E-state index in [0.29, 0.717) is 5.76 Å². The van der Waals surface area contributed by atoms with Gasteiger partial charge in [-0.05, 0) is 35.9 Å². The number of nitrogens with one attached hydrogen (secondary N) is 2. The van der Waals surface area contributed by atoms with Gasteiger partial charge in [0.05, 0.1) is 12.9 Å². The average molecular weight is 367 g/mol. The normalized spacial score (nSPS) is 21.8. The Morgan fingerprint density at radius 3 is 2.59 bits per heavy atom. The van der Waals surface area contributed by atoms with Crippen LogP contribution in [0.3, 0.4) is 0 Å². The summed E-state index contributed by atoms with van der Waals surface area (Å²) in [4.78, 5) is 3.23. The molecule has 2 aromatic heterocycles. The first kappa shape index (κ1) is 16.6. The SMILES string of the molecule is c1coc(-c2cc(C[NH+]3CC[NH+](Cc4ccc5c(c4)CCO5)CC3)no2)c1. The van der Waals surface area contributed by atoms with Gasteiger partial charge in [-0.1, -0.05) is 5.16 Å². The number of ether oxygens (including phenoxy) is 1. The van der Waals surface area contributed by atoms with Crippen LogP contribution in [0.4, 0.5) is 0 Å². The van der Waals surface area contributed by atoms with Crippen molar-refractivity contribution < 1.29 is 23.5 Å². The molecular formula is C21H25N3O3+2. The molecule has 2 aliphatic rings. The summed E-state index contributed by atoms with van der Waals surface area (Å²) >= 11 is 0. The minimum atomic E-state index is 0.708. The first-order valence-electron chi connectivity index (χ1n) is 9.75. The molecule has 1 aromatic carbocycles. The highest BCUT2D eigenvalue weighted by Gasteiger charge is 2.25. The minimum Gasteiger partial charge on any atom is -0.493 e. The number of hydrogen-bond acceptors (Lipinski definition) is 4. The Bertz CT molecular complexity index is 895. The van der Waals surface area contributed by atoms with Crippen molar-refractivity contribution in [1.29, 1.82) is 0 Å². The van der Waals surface area contributed by atoms with E-state index in [1.54, 1.807) is 16.1 Å². The number of aromatic nitrogens is 1. The van der Waals surface area contributed by atoms with Crippen molar-refractivity contribution >= 4 is 0 Å². The molecule has 1 saturated heterocycles. The Labute approximate surface area is 158 Å². The molecular weight excluding hydrogens is 342 g/mol. The average Bonchev–Trinajstić information content (AvgIpc) is 3.44. The second-order valence-electron chi connectivity index (χ2n) is 7.55. The fraction of sp³-hybridized carbons (Fsp3) is 0.381. The summed E-state index contributed by atoms with van der Waals surface area (Å²) in [6, 6.07) is 12.4. The van der Waals surface area contributed by atoms with Crippen LogP contribution in [0.15, 0.2) is 51.6 Å². The molecule has 5 rings (SSSR count). The summed E-state index contributed by atoms with van der Waals surface area (Å²) in [5.41, 5.74) is 3.80. The maximum Gasteiger partial charge on any atom is 0.202 e. The van der Waals surface area contributed by atoms with Crippen LogP contribution >= 0.6 is 0 Å². The molecule has 1 fully saturated rings. The van der Waals surface area contributed by atoms with Gasteiger partial charge in [0, 0.05) is 18.1 Å². The number of fused-ring (bicyclic) bond motifs is 1. The maximum absolute atomic E-state index is 5.61. The summed E-state index contributed by atoms with van der Waals surface area (Å²) in [5, 5.41) is 4.21. The number of quaternary nitrogens is 2. The molecule has 0 bridgehead atoms. The molecule has 27 heavy (non-hydrogen) atoms. The molecule has 0 atom stereocenters. The second kappa shape index (κ2) is 7.21. The highest BCUT2D eigenvalue weighted by atomic mass is 16.5. The number of rotatable bonds is 5. The van der Waals surface area contributed by atoms with Gasteiger partial charge in [0.25, 0.3) is 0 Å². The molecule has 0 spiro atoms. The summed E-state index contributed by atoms with van der Waals surface area (Å²) in [6.07, 6.45) is 2.70. The van der Waals surface area contributed by atoms with E-state index in [0.717, 1.165) is 56.4 Å².